The third kappa shape index (κ3) is 1.56. The topological polar surface area (TPSA) is 12.0 Å². The Kier molecular flexibility index (Phi) is 2.70. The highest BCUT2D eigenvalue weighted by atomic mass is 14.8. The summed E-state index contributed by atoms with van der Waals surface area (Å²) in [5.74, 6) is 0. The molecule has 0 bridgehead atoms. The van der Waals surface area contributed by atoms with E-state index in [0.29, 0.717) is 0 Å². The highest BCUT2D eigenvalue weighted by molar-refractivity contribution is 5.67. The summed E-state index contributed by atoms with van der Waals surface area (Å²) in [6, 6.07) is 6.09. The Morgan fingerprint density at radius 1 is 1.17 bits per heavy atom. The van der Waals surface area contributed by atoms with Crippen LogP contribution in [0.1, 0.15) is 11.1 Å². The van der Waals surface area contributed by atoms with E-state index in [1.807, 2.05) is 37.4 Å². The molecule has 12 heavy (non-hydrogen) atoms. The summed E-state index contributed by atoms with van der Waals surface area (Å²) in [5, 5.41) is 3.07. The van der Waals surface area contributed by atoms with Crippen LogP contribution in [0.2, 0.25) is 0 Å². The van der Waals surface area contributed by atoms with Gasteiger partial charge in [0.1, 0.15) is 0 Å². The molecule has 0 amide bonds. The van der Waals surface area contributed by atoms with Crippen LogP contribution in [0, 0.1) is 0 Å². The molecule has 0 unspecified atom stereocenters. The molecule has 0 aliphatic rings. The molecular weight excluding hydrogens is 146 g/mol. The van der Waals surface area contributed by atoms with Crippen molar-refractivity contribution < 1.29 is 0 Å². The molecule has 0 radical (unpaired) electrons. The van der Waals surface area contributed by atoms with Gasteiger partial charge in [-0.1, -0.05) is 31.4 Å². The monoisotopic (exact) mass is 159 g/mol. The highest BCUT2D eigenvalue weighted by Crippen LogP contribution is 2.17. The van der Waals surface area contributed by atoms with Crippen molar-refractivity contribution in [1.82, 2.24) is 0 Å². The fraction of sp³-hybridized carbons (Fsp3) is 0.0909. The van der Waals surface area contributed by atoms with Crippen LogP contribution < -0.4 is 5.32 Å². The molecule has 0 saturated heterocycles. The van der Waals surface area contributed by atoms with Crippen molar-refractivity contribution in [2.75, 3.05) is 12.4 Å². The smallest absolute Gasteiger partial charge is 0.0343 e. The quantitative estimate of drug-likeness (QED) is 0.714. The van der Waals surface area contributed by atoms with E-state index in [1.54, 1.807) is 0 Å². The van der Waals surface area contributed by atoms with Crippen LogP contribution in [0.5, 0.6) is 0 Å². The Morgan fingerprint density at radius 2 is 1.83 bits per heavy atom. The van der Waals surface area contributed by atoms with Crippen LogP contribution in [0.3, 0.4) is 0 Å². The lowest BCUT2D eigenvalue weighted by atomic mass is 10.1. The molecule has 0 aromatic heterocycles. The molecule has 0 heterocycles. The van der Waals surface area contributed by atoms with Gasteiger partial charge in [-0.25, -0.2) is 0 Å². The lowest BCUT2D eigenvalue weighted by Gasteiger charge is -2.04. The van der Waals surface area contributed by atoms with E-state index in [-0.39, 0.29) is 0 Å². The Hall–Kier alpha value is -1.50. The van der Waals surface area contributed by atoms with Crippen molar-refractivity contribution in [3.63, 3.8) is 0 Å². The van der Waals surface area contributed by atoms with Crippen molar-refractivity contribution in [3.8, 4) is 0 Å². The van der Waals surface area contributed by atoms with Gasteiger partial charge in [0.15, 0.2) is 0 Å². The zero-order valence-corrected chi connectivity index (χ0v) is 7.30. The fourth-order valence-corrected chi connectivity index (χ4v) is 1.09. The van der Waals surface area contributed by atoms with E-state index >= 15 is 0 Å². The van der Waals surface area contributed by atoms with Crippen LogP contribution in [-0.4, -0.2) is 7.05 Å². The van der Waals surface area contributed by atoms with Gasteiger partial charge in [0.25, 0.3) is 0 Å². The van der Waals surface area contributed by atoms with Gasteiger partial charge < -0.3 is 5.32 Å². The van der Waals surface area contributed by atoms with E-state index in [0.717, 1.165) is 16.8 Å². The lowest BCUT2D eigenvalue weighted by Crippen LogP contribution is -1.89. The molecule has 62 valence electrons. The number of rotatable bonds is 3. The van der Waals surface area contributed by atoms with E-state index in [4.69, 9.17) is 0 Å². The van der Waals surface area contributed by atoms with Gasteiger partial charge in [-0.15, -0.1) is 0 Å². The summed E-state index contributed by atoms with van der Waals surface area (Å²) in [4.78, 5) is 0. The molecule has 1 rings (SSSR count). The van der Waals surface area contributed by atoms with Gasteiger partial charge in [-0.3, -0.25) is 0 Å². The number of nitrogens with one attached hydrogen (secondary N) is 1. The minimum absolute atomic E-state index is 1.09. The van der Waals surface area contributed by atoms with Gasteiger partial charge in [-0.2, -0.15) is 0 Å². The van der Waals surface area contributed by atoms with Gasteiger partial charge >= 0.3 is 0 Å². The summed E-state index contributed by atoms with van der Waals surface area (Å²) in [5.41, 5.74) is 3.32. The van der Waals surface area contributed by atoms with Crippen LogP contribution in [-0.2, 0) is 0 Å². The third-order valence-corrected chi connectivity index (χ3v) is 1.82. The fourth-order valence-electron chi connectivity index (χ4n) is 1.09. The molecule has 0 saturated carbocycles. The number of hydrogen-bond donors (Lipinski definition) is 1. The van der Waals surface area contributed by atoms with Gasteiger partial charge in [-0.05, 0) is 23.3 Å². The minimum atomic E-state index is 1.09. The van der Waals surface area contributed by atoms with Crippen molar-refractivity contribution in [2.24, 2.45) is 0 Å². The van der Waals surface area contributed by atoms with Crippen LogP contribution >= 0.6 is 0 Å². The summed E-state index contributed by atoms with van der Waals surface area (Å²) < 4.78 is 0. The molecule has 1 N–H and O–H groups in total. The van der Waals surface area contributed by atoms with Gasteiger partial charge in [0.2, 0.25) is 0 Å². The number of hydrogen-bond acceptors (Lipinski definition) is 1. The molecule has 0 aliphatic carbocycles. The van der Waals surface area contributed by atoms with E-state index in [2.05, 4.69) is 18.5 Å². The average molecular weight is 159 g/mol. The first kappa shape index (κ1) is 8.60. The first-order valence-corrected chi connectivity index (χ1v) is 3.88. The predicted octanol–water partition coefficient (Wildman–Crippen LogP) is 3.01. The Morgan fingerprint density at radius 3 is 2.33 bits per heavy atom. The Balaban J connectivity index is 3.18. The second-order valence-corrected chi connectivity index (χ2v) is 2.50. The Labute approximate surface area is 73.4 Å². The second kappa shape index (κ2) is 3.77. The maximum atomic E-state index is 3.74. The van der Waals surface area contributed by atoms with Crippen LogP contribution in [0.4, 0.5) is 5.69 Å². The van der Waals surface area contributed by atoms with Crippen molar-refractivity contribution >= 4 is 17.8 Å². The predicted molar refractivity (Wildman–Crippen MR) is 56.2 cm³/mol. The third-order valence-electron chi connectivity index (χ3n) is 1.82. The molecule has 0 fully saturated rings. The summed E-state index contributed by atoms with van der Waals surface area (Å²) in [7, 11) is 1.90. The summed E-state index contributed by atoms with van der Waals surface area (Å²) in [6.45, 7) is 7.47. The van der Waals surface area contributed by atoms with E-state index in [9.17, 15) is 0 Å². The van der Waals surface area contributed by atoms with E-state index < -0.39 is 0 Å². The largest absolute Gasteiger partial charge is 0.388 e. The lowest BCUT2D eigenvalue weighted by molar-refractivity contribution is 1.49. The highest BCUT2D eigenvalue weighted by Gasteiger charge is 1.95. The normalized spacial score (nSPS) is 9.08. The van der Waals surface area contributed by atoms with Crippen molar-refractivity contribution in [1.29, 1.82) is 0 Å². The first-order chi connectivity index (χ1) is 5.81. The molecule has 1 nitrogen and oxygen atoms in total. The van der Waals surface area contributed by atoms with Crippen molar-refractivity contribution in [3.05, 3.63) is 42.5 Å². The number of benzene rings is 1. The maximum Gasteiger partial charge on any atom is 0.0343 e. The zero-order chi connectivity index (χ0) is 8.97. The second-order valence-electron chi connectivity index (χ2n) is 2.50. The standard InChI is InChI=1S/C11H13N/c1-4-9-6-7-11(12-3)8-10(9)5-2/h4-8,12H,1-2H2,3H3. The molecule has 1 aromatic carbocycles. The maximum absolute atomic E-state index is 3.74. The van der Waals surface area contributed by atoms with Crippen molar-refractivity contribution in [2.45, 2.75) is 0 Å². The van der Waals surface area contributed by atoms with E-state index in [1.165, 1.54) is 0 Å². The van der Waals surface area contributed by atoms with Gasteiger partial charge in [0.05, 0.1) is 0 Å². The molecular formula is C11H13N. The zero-order valence-electron chi connectivity index (χ0n) is 7.30. The van der Waals surface area contributed by atoms with Crippen LogP contribution in [0.15, 0.2) is 31.4 Å². The molecule has 1 aromatic rings. The summed E-state index contributed by atoms with van der Waals surface area (Å²) in [6.07, 6.45) is 3.66. The summed E-state index contributed by atoms with van der Waals surface area (Å²) >= 11 is 0. The SMILES string of the molecule is C=Cc1ccc(NC)cc1C=C. The first-order valence-electron chi connectivity index (χ1n) is 3.88. The average Bonchev–Trinajstić information content (AvgIpc) is 2.16. The van der Waals surface area contributed by atoms with Gasteiger partial charge in [0, 0.05) is 12.7 Å². The minimum Gasteiger partial charge on any atom is -0.388 e. The van der Waals surface area contributed by atoms with Crippen LogP contribution in [0.25, 0.3) is 12.2 Å². The molecule has 0 spiro atoms. The molecule has 0 aliphatic heterocycles. The molecule has 1 heteroatoms. The molecule has 0 atom stereocenters. The Bertz CT molecular complexity index is 300. The number of anilines is 1.